The summed E-state index contributed by atoms with van der Waals surface area (Å²) in [4.78, 5) is 41.7. The number of amides is 1. The van der Waals surface area contributed by atoms with Gasteiger partial charge in [-0.05, 0) is 43.9 Å². The van der Waals surface area contributed by atoms with Gasteiger partial charge in [0.2, 0.25) is 0 Å². The zero-order valence-corrected chi connectivity index (χ0v) is 15.5. The van der Waals surface area contributed by atoms with Crippen molar-refractivity contribution in [2.45, 2.75) is 37.8 Å². The molecule has 8 nitrogen and oxygen atoms in total. The molecule has 2 aliphatic heterocycles. The Morgan fingerprint density at radius 1 is 1.14 bits per heavy atom. The molecule has 2 N–H and O–H groups in total. The molecular formula is C20H23N3O5. The van der Waals surface area contributed by atoms with Crippen molar-refractivity contribution in [3.8, 4) is 0 Å². The van der Waals surface area contributed by atoms with Gasteiger partial charge in [-0.3, -0.25) is 14.2 Å². The molecule has 0 bridgehead atoms. The molecule has 0 spiro atoms. The number of ether oxygens (including phenoxy) is 1. The minimum absolute atomic E-state index is 0.0650. The SMILES string of the molecule is O=C1OC[C@H]2CN(C(=O)c3ccc4c(c3)[nH]c(=O)n4C3CCC(O)CC3)C[C@@H]12. The van der Waals surface area contributed by atoms with Crippen molar-refractivity contribution in [2.24, 2.45) is 11.8 Å². The largest absolute Gasteiger partial charge is 0.465 e. The van der Waals surface area contributed by atoms with Crippen molar-refractivity contribution < 1.29 is 19.4 Å². The predicted octanol–water partition coefficient (Wildman–Crippen LogP) is 1.05. The summed E-state index contributed by atoms with van der Waals surface area (Å²) < 4.78 is 6.81. The number of likely N-dealkylation sites (tertiary alicyclic amines) is 1. The average Bonchev–Trinajstić information content (AvgIpc) is 3.35. The van der Waals surface area contributed by atoms with Gasteiger partial charge in [-0.1, -0.05) is 0 Å². The summed E-state index contributed by atoms with van der Waals surface area (Å²) in [5, 5.41) is 9.72. The van der Waals surface area contributed by atoms with Gasteiger partial charge in [0.1, 0.15) is 0 Å². The molecule has 1 aliphatic carbocycles. The van der Waals surface area contributed by atoms with E-state index in [1.54, 1.807) is 21.6 Å². The number of hydrogen-bond acceptors (Lipinski definition) is 5. The van der Waals surface area contributed by atoms with Gasteiger partial charge < -0.3 is 19.7 Å². The third kappa shape index (κ3) is 2.74. The molecule has 3 aliphatic rings. The molecule has 1 saturated carbocycles. The van der Waals surface area contributed by atoms with Crippen LogP contribution in [0.1, 0.15) is 42.1 Å². The average molecular weight is 385 g/mol. The van der Waals surface area contributed by atoms with Crippen molar-refractivity contribution in [2.75, 3.05) is 19.7 Å². The van der Waals surface area contributed by atoms with E-state index >= 15 is 0 Å². The molecule has 8 heteroatoms. The molecule has 1 aromatic carbocycles. The van der Waals surface area contributed by atoms with Crippen molar-refractivity contribution in [1.82, 2.24) is 14.5 Å². The van der Waals surface area contributed by atoms with Gasteiger partial charge in [0.15, 0.2) is 0 Å². The van der Waals surface area contributed by atoms with Crippen LogP contribution < -0.4 is 5.69 Å². The lowest BCUT2D eigenvalue weighted by molar-refractivity contribution is -0.141. The van der Waals surface area contributed by atoms with Gasteiger partial charge in [0.05, 0.1) is 29.7 Å². The number of carbonyl (C=O) groups is 2. The molecule has 148 valence electrons. The molecule has 1 aromatic heterocycles. The predicted molar refractivity (Wildman–Crippen MR) is 99.9 cm³/mol. The molecule has 3 heterocycles. The summed E-state index contributed by atoms with van der Waals surface area (Å²) in [6, 6.07) is 5.35. The molecule has 0 unspecified atom stereocenters. The van der Waals surface area contributed by atoms with E-state index in [9.17, 15) is 19.5 Å². The Balaban J connectivity index is 1.41. The van der Waals surface area contributed by atoms with Gasteiger partial charge in [0, 0.05) is 30.6 Å². The molecule has 2 atom stereocenters. The van der Waals surface area contributed by atoms with Crippen LogP contribution in [-0.2, 0) is 9.53 Å². The highest BCUT2D eigenvalue weighted by atomic mass is 16.5. The normalized spacial score (nSPS) is 29.9. The number of imidazole rings is 1. The van der Waals surface area contributed by atoms with Gasteiger partial charge in [-0.15, -0.1) is 0 Å². The van der Waals surface area contributed by atoms with E-state index in [2.05, 4.69) is 4.98 Å². The van der Waals surface area contributed by atoms with Crippen LogP contribution in [-0.4, -0.2) is 57.2 Å². The van der Waals surface area contributed by atoms with E-state index in [0.29, 0.717) is 43.6 Å². The number of aromatic nitrogens is 2. The van der Waals surface area contributed by atoms with Crippen LogP contribution >= 0.6 is 0 Å². The summed E-state index contributed by atoms with van der Waals surface area (Å²) in [7, 11) is 0. The van der Waals surface area contributed by atoms with Gasteiger partial charge >= 0.3 is 11.7 Å². The number of aromatic amines is 1. The third-order valence-corrected chi connectivity index (χ3v) is 6.47. The van der Waals surface area contributed by atoms with Crippen molar-refractivity contribution in [1.29, 1.82) is 0 Å². The Labute approximate surface area is 161 Å². The number of aliphatic hydroxyl groups is 1. The zero-order valence-electron chi connectivity index (χ0n) is 15.5. The molecular weight excluding hydrogens is 362 g/mol. The summed E-state index contributed by atoms with van der Waals surface area (Å²) in [5.74, 6) is -0.466. The minimum atomic E-state index is -0.279. The molecule has 3 fully saturated rings. The van der Waals surface area contributed by atoms with Gasteiger partial charge in [-0.2, -0.15) is 0 Å². The van der Waals surface area contributed by atoms with E-state index in [0.717, 1.165) is 18.4 Å². The van der Waals surface area contributed by atoms with Crippen LogP contribution in [0, 0.1) is 11.8 Å². The maximum absolute atomic E-state index is 12.9. The van der Waals surface area contributed by atoms with E-state index in [1.165, 1.54) is 0 Å². The molecule has 2 aromatic rings. The second-order valence-electron chi connectivity index (χ2n) is 8.20. The lowest BCUT2D eigenvalue weighted by atomic mass is 9.93. The van der Waals surface area contributed by atoms with Crippen LogP contribution in [0.4, 0.5) is 0 Å². The quantitative estimate of drug-likeness (QED) is 0.752. The fraction of sp³-hybridized carbons (Fsp3) is 0.550. The van der Waals surface area contributed by atoms with Crippen LogP contribution in [0.15, 0.2) is 23.0 Å². The number of esters is 1. The number of nitrogens with one attached hydrogen (secondary N) is 1. The summed E-state index contributed by atoms with van der Waals surface area (Å²) >= 11 is 0. The lowest BCUT2D eigenvalue weighted by Crippen LogP contribution is -2.30. The van der Waals surface area contributed by atoms with Gasteiger partial charge in [-0.25, -0.2) is 4.79 Å². The Bertz CT molecular complexity index is 1000. The second-order valence-corrected chi connectivity index (χ2v) is 8.20. The van der Waals surface area contributed by atoms with E-state index in [1.807, 2.05) is 6.07 Å². The Hall–Kier alpha value is -2.61. The van der Waals surface area contributed by atoms with E-state index in [-0.39, 0.29) is 41.5 Å². The zero-order chi connectivity index (χ0) is 19.4. The first-order chi connectivity index (χ1) is 13.5. The number of nitrogens with zero attached hydrogens (tertiary/aromatic N) is 2. The van der Waals surface area contributed by atoms with Crippen LogP contribution in [0.3, 0.4) is 0 Å². The summed E-state index contributed by atoms with van der Waals surface area (Å²) in [6.07, 6.45) is 2.64. The van der Waals surface area contributed by atoms with Crippen molar-refractivity contribution >= 4 is 22.9 Å². The van der Waals surface area contributed by atoms with Crippen LogP contribution in [0.25, 0.3) is 11.0 Å². The first-order valence-electron chi connectivity index (χ1n) is 9.89. The minimum Gasteiger partial charge on any atom is -0.465 e. The van der Waals surface area contributed by atoms with Crippen LogP contribution in [0.5, 0.6) is 0 Å². The second kappa shape index (κ2) is 6.48. The fourth-order valence-electron chi connectivity index (χ4n) is 4.89. The number of fused-ring (bicyclic) bond motifs is 2. The molecule has 28 heavy (non-hydrogen) atoms. The highest BCUT2D eigenvalue weighted by Gasteiger charge is 2.45. The lowest BCUT2D eigenvalue weighted by Gasteiger charge is -2.26. The highest BCUT2D eigenvalue weighted by molar-refractivity contribution is 5.98. The third-order valence-electron chi connectivity index (χ3n) is 6.47. The number of carbonyl (C=O) groups excluding carboxylic acids is 2. The Morgan fingerprint density at radius 2 is 1.93 bits per heavy atom. The maximum atomic E-state index is 12.9. The number of aliphatic hydroxyl groups excluding tert-OH is 1. The number of benzene rings is 1. The standard InChI is InChI=1S/C20H23N3O5/c24-14-4-2-13(3-5-14)23-17-6-1-11(7-16(17)21-20(23)27)18(25)22-8-12-10-28-19(26)15(12)9-22/h1,6-7,12-15,24H,2-5,8-10H2,(H,21,27)/t12-,13?,14?,15-/m1/s1. The van der Waals surface area contributed by atoms with E-state index < -0.39 is 0 Å². The van der Waals surface area contributed by atoms with Crippen LogP contribution in [0.2, 0.25) is 0 Å². The smallest absolute Gasteiger partial charge is 0.326 e. The monoisotopic (exact) mass is 385 g/mol. The van der Waals surface area contributed by atoms with Gasteiger partial charge in [0.25, 0.3) is 5.91 Å². The van der Waals surface area contributed by atoms with Crippen molar-refractivity contribution in [3.63, 3.8) is 0 Å². The molecule has 5 rings (SSSR count). The maximum Gasteiger partial charge on any atom is 0.326 e. The molecule has 2 saturated heterocycles. The van der Waals surface area contributed by atoms with E-state index in [4.69, 9.17) is 4.74 Å². The van der Waals surface area contributed by atoms with Crippen molar-refractivity contribution in [3.05, 3.63) is 34.2 Å². The Morgan fingerprint density at radius 3 is 2.68 bits per heavy atom. The fourth-order valence-corrected chi connectivity index (χ4v) is 4.89. The molecule has 1 amide bonds. The highest BCUT2D eigenvalue weighted by Crippen LogP contribution is 2.32. The number of rotatable bonds is 2. The Kier molecular flexibility index (Phi) is 4.04. The topological polar surface area (TPSA) is 105 Å². The first-order valence-corrected chi connectivity index (χ1v) is 9.89. The number of H-pyrrole nitrogens is 1. The number of cyclic esters (lactones) is 1. The summed E-state index contributed by atoms with van der Waals surface area (Å²) in [6.45, 7) is 1.30. The number of hydrogen-bond donors (Lipinski definition) is 2. The first kappa shape index (κ1) is 17.5. The molecule has 0 radical (unpaired) electrons. The summed E-state index contributed by atoms with van der Waals surface area (Å²) in [5.41, 5.74) is 1.75.